The second-order valence-corrected chi connectivity index (χ2v) is 7.80. The summed E-state index contributed by atoms with van der Waals surface area (Å²) in [5.41, 5.74) is 0. The summed E-state index contributed by atoms with van der Waals surface area (Å²) in [4.78, 5) is 1.38. The number of benzene rings is 3. The number of hydrogen-bond acceptors (Lipinski definition) is 2. The van der Waals surface area contributed by atoms with Crippen LogP contribution in [0.25, 0.3) is 41.7 Å². The molecule has 0 unspecified atom stereocenters. The van der Waals surface area contributed by atoms with Gasteiger partial charge in [0.25, 0.3) is 0 Å². The fraction of sp³-hybridized carbons (Fsp3) is 0.0526. The molecule has 0 spiro atoms. The van der Waals surface area contributed by atoms with Gasteiger partial charge in [0, 0.05) is 14.3 Å². The molecule has 0 radical (unpaired) electrons. The lowest BCUT2D eigenvalue weighted by atomic mass is 10.00. The molecule has 5 rings (SSSR count). The summed E-state index contributed by atoms with van der Waals surface area (Å²) in [7, 11) is 0. The highest BCUT2D eigenvalue weighted by Gasteiger charge is 2.06. The SMILES string of the molecule is Cc1cc2cc3ccc4cc5ccsc5cc4c3cc2s1. The molecule has 0 aliphatic carbocycles. The lowest BCUT2D eigenvalue weighted by molar-refractivity contribution is 1.66. The average molecular weight is 304 g/mol. The van der Waals surface area contributed by atoms with E-state index >= 15 is 0 Å². The molecule has 0 fully saturated rings. The second kappa shape index (κ2) is 4.06. The van der Waals surface area contributed by atoms with Crippen LogP contribution in [0.15, 0.2) is 53.9 Å². The monoisotopic (exact) mass is 304 g/mol. The van der Waals surface area contributed by atoms with Crippen molar-refractivity contribution in [2.24, 2.45) is 0 Å². The summed E-state index contributed by atoms with van der Waals surface area (Å²) < 4.78 is 2.76. The van der Waals surface area contributed by atoms with Gasteiger partial charge in [-0.3, -0.25) is 0 Å². The van der Waals surface area contributed by atoms with Crippen molar-refractivity contribution in [2.45, 2.75) is 6.92 Å². The highest BCUT2D eigenvalue weighted by atomic mass is 32.1. The van der Waals surface area contributed by atoms with E-state index in [9.17, 15) is 0 Å². The fourth-order valence-corrected chi connectivity index (χ4v) is 4.94. The van der Waals surface area contributed by atoms with Crippen LogP contribution in [0, 0.1) is 6.92 Å². The maximum atomic E-state index is 2.37. The average Bonchev–Trinajstić information content (AvgIpc) is 3.06. The second-order valence-electron chi connectivity index (χ2n) is 5.57. The Bertz CT molecular complexity index is 1140. The number of hydrogen-bond donors (Lipinski definition) is 0. The first-order chi connectivity index (χ1) is 10.3. The molecule has 2 heterocycles. The Labute approximate surface area is 130 Å². The Morgan fingerprint density at radius 3 is 2.19 bits per heavy atom. The van der Waals surface area contributed by atoms with E-state index in [0.29, 0.717) is 0 Å². The van der Waals surface area contributed by atoms with Crippen LogP contribution in [0.3, 0.4) is 0 Å². The summed E-state index contributed by atoms with van der Waals surface area (Å²) in [6.45, 7) is 2.18. The lowest BCUT2D eigenvalue weighted by Gasteiger charge is -2.05. The molecule has 3 aromatic carbocycles. The zero-order valence-corrected chi connectivity index (χ0v) is 13.1. The Morgan fingerprint density at radius 2 is 1.38 bits per heavy atom. The van der Waals surface area contributed by atoms with Crippen molar-refractivity contribution in [3.63, 3.8) is 0 Å². The molecular formula is C19H12S2. The summed E-state index contributed by atoms with van der Waals surface area (Å²) in [6, 6.07) is 18.3. The molecule has 0 saturated carbocycles. The molecule has 0 saturated heterocycles. The highest BCUT2D eigenvalue weighted by Crippen LogP contribution is 2.35. The zero-order valence-electron chi connectivity index (χ0n) is 11.5. The molecule has 0 nitrogen and oxygen atoms in total. The van der Waals surface area contributed by atoms with E-state index in [1.54, 1.807) is 0 Å². The molecule has 0 aliphatic heterocycles. The van der Waals surface area contributed by atoms with Crippen molar-refractivity contribution in [1.82, 2.24) is 0 Å². The summed E-state index contributed by atoms with van der Waals surface area (Å²) in [5, 5.41) is 10.3. The van der Waals surface area contributed by atoms with Crippen LogP contribution in [-0.2, 0) is 0 Å². The summed E-state index contributed by atoms with van der Waals surface area (Å²) >= 11 is 3.70. The summed E-state index contributed by atoms with van der Waals surface area (Å²) in [5.74, 6) is 0. The van der Waals surface area contributed by atoms with Gasteiger partial charge in [0.1, 0.15) is 0 Å². The molecule has 0 bridgehead atoms. The van der Waals surface area contributed by atoms with Crippen molar-refractivity contribution in [3.05, 3.63) is 58.8 Å². The number of rotatable bonds is 0. The molecule has 2 aromatic heterocycles. The van der Waals surface area contributed by atoms with Crippen molar-refractivity contribution in [3.8, 4) is 0 Å². The predicted octanol–water partition coefficient (Wildman–Crippen LogP) is 6.73. The Morgan fingerprint density at radius 1 is 0.667 bits per heavy atom. The van der Waals surface area contributed by atoms with E-state index in [4.69, 9.17) is 0 Å². The van der Waals surface area contributed by atoms with Crippen LogP contribution in [0.4, 0.5) is 0 Å². The van der Waals surface area contributed by atoms with E-state index in [-0.39, 0.29) is 0 Å². The maximum Gasteiger partial charge on any atom is 0.0352 e. The minimum atomic E-state index is 1.33. The Kier molecular flexibility index (Phi) is 2.27. The van der Waals surface area contributed by atoms with Gasteiger partial charge in [-0.05, 0) is 81.0 Å². The van der Waals surface area contributed by atoms with Gasteiger partial charge < -0.3 is 0 Å². The predicted molar refractivity (Wildman–Crippen MR) is 97.0 cm³/mol. The molecule has 0 amide bonds. The van der Waals surface area contributed by atoms with E-state index in [1.165, 1.54) is 46.6 Å². The first kappa shape index (κ1) is 11.7. The van der Waals surface area contributed by atoms with Crippen LogP contribution in [0.5, 0.6) is 0 Å². The van der Waals surface area contributed by atoms with Gasteiger partial charge in [0.15, 0.2) is 0 Å². The topological polar surface area (TPSA) is 0 Å². The molecular weight excluding hydrogens is 292 g/mol. The standard InChI is InChI=1S/C19H12S2/c1-11-6-15-8-13-3-2-12-7-14-4-5-20-18(14)9-16(12)17(13)10-19(15)21-11/h2-10H,1H3. The molecule has 2 heteroatoms. The van der Waals surface area contributed by atoms with E-state index < -0.39 is 0 Å². The van der Waals surface area contributed by atoms with Crippen molar-refractivity contribution in [2.75, 3.05) is 0 Å². The highest BCUT2D eigenvalue weighted by molar-refractivity contribution is 7.19. The number of aryl methyl sites for hydroxylation is 1. The van der Waals surface area contributed by atoms with Gasteiger partial charge in [-0.2, -0.15) is 0 Å². The molecule has 100 valence electrons. The molecule has 5 aromatic rings. The van der Waals surface area contributed by atoms with Crippen LogP contribution in [-0.4, -0.2) is 0 Å². The van der Waals surface area contributed by atoms with Gasteiger partial charge in [-0.25, -0.2) is 0 Å². The fourth-order valence-electron chi connectivity index (χ4n) is 3.19. The third kappa shape index (κ3) is 1.66. The smallest absolute Gasteiger partial charge is 0.0352 e. The number of thiophene rings is 2. The minimum Gasteiger partial charge on any atom is -0.144 e. The van der Waals surface area contributed by atoms with Crippen molar-refractivity contribution in [1.29, 1.82) is 0 Å². The minimum absolute atomic E-state index is 1.33. The van der Waals surface area contributed by atoms with Crippen LogP contribution < -0.4 is 0 Å². The van der Waals surface area contributed by atoms with Gasteiger partial charge >= 0.3 is 0 Å². The van der Waals surface area contributed by atoms with Gasteiger partial charge in [0.05, 0.1) is 0 Å². The van der Waals surface area contributed by atoms with Crippen molar-refractivity contribution >= 4 is 64.4 Å². The van der Waals surface area contributed by atoms with Crippen LogP contribution in [0.1, 0.15) is 4.88 Å². The molecule has 0 atom stereocenters. The molecule has 21 heavy (non-hydrogen) atoms. The number of fused-ring (bicyclic) bond motifs is 5. The largest absolute Gasteiger partial charge is 0.144 e. The van der Waals surface area contributed by atoms with Crippen LogP contribution >= 0.6 is 22.7 Å². The van der Waals surface area contributed by atoms with E-state index in [1.807, 2.05) is 22.7 Å². The third-order valence-electron chi connectivity index (χ3n) is 4.17. The third-order valence-corrected chi connectivity index (χ3v) is 6.06. The maximum absolute atomic E-state index is 2.37. The van der Waals surface area contributed by atoms with Gasteiger partial charge in [-0.15, -0.1) is 22.7 Å². The van der Waals surface area contributed by atoms with E-state index in [0.717, 1.165) is 0 Å². The quantitative estimate of drug-likeness (QED) is 0.278. The van der Waals surface area contributed by atoms with Crippen molar-refractivity contribution < 1.29 is 0 Å². The van der Waals surface area contributed by atoms with Gasteiger partial charge in [-0.1, -0.05) is 12.1 Å². The molecule has 0 aliphatic rings. The first-order valence-corrected chi connectivity index (χ1v) is 8.71. The molecule has 0 N–H and O–H groups in total. The Balaban J connectivity index is 2.02. The zero-order chi connectivity index (χ0) is 14.0. The first-order valence-electron chi connectivity index (χ1n) is 7.02. The van der Waals surface area contributed by atoms with Gasteiger partial charge in [0.2, 0.25) is 0 Å². The summed E-state index contributed by atoms with van der Waals surface area (Å²) in [6.07, 6.45) is 0. The van der Waals surface area contributed by atoms with Crippen LogP contribution in [0.2, 0.25) is 0 Å². The van der Waals surface area contributed by atoms with E-state index in [2.05, 4.69) is 60.8 Å². The normalized spacial score (nSPS) is 12.0. The lowest BCUT2D eigenvalue weighted by Crippen LogP contribution is -1.78. The Hall–Kier alpha value is -1.90.